The van der Waals surface area contributed by atoms with Gasteiger partial charge in [0.25, 0.3) is 0 Å². The second kappa shape index (κ2) is 9.14. The van der Waals surface area contributed by atoms with Crippen molar-refractivity contribution in [3.63, 3.8) is 0 Å². The van der Waals surface area contributed by atoms with Gasteiger partial charge in [0.05, 0.1) is 6.21 Å². The first kappa shape index (κ1) is 18.1. The summed E-state index contributed by atoms with van der Waals surface area (Å²) in [6.45, 7) is 0. The monoisotopic (exact) mass is 400 g/mol. The van der Waals surface area contributed by atoms with E-state index in [-0.39, 0.29) is 11.8 Å². The van der Waals surface area contributed by atoms with E-state index in [4.69, 9.17) is 0 Å². The molecule has 3 atom stereocenters. The first-order valence-corrected chi connectivity index (χ1v) is 9.94. The zero-order valence-corrected chi connectivity index (χ0v) is 16.0. The van der Waals surface area contributed by atoms with Crippen molar-refractivity contribution in [3.8, 4) is 0 Å². The Morgan fingerprint density at radius 2 is 1.60 bits per heavy atom. The Balaban J connectivity index is 1.55. The van der Waals surface area contributed by atoms with E-state index in [2.05, 4.69) is 50.8 Å². The number of halogens is 1. The number of amides is 1. The van der Waals surface area contributed by atoms with Crippen molar-refractivity contribution in [1.29, 1.82) is 0 Å². The molecular formula is C21H25BrN2O. The van der Waals surface area contributed by atoms with Gasteiger partial charge in [0.2, 0.25) is 5.91 Å². The Kier molecular flexibility index (Phi) is 6.62. The summed E-state index contributed by atoms with van der Waals surface area (Å²) in [5.74, 6) is 1.22. The van der Waals surface area contributed by atoms with Gasteiger partial charge in [0.1, 0.15) is 0 Å². The number of allylic oxidation sites excluding steroid dienone is 4. The van der Waals surface area contributed by atoms with Crippen molar-refractivity contribution in [2.24, 2.45) is 22.9 Å². The molecule has 4 heteroatoms. The van der Waals surface area contributed by atoms with Crippen molar-refractivity contribution >= 4 is 28.1 Å². The second-order valence-electron chi connectivity index (χ2n) is 6.78. The molecule has 0 saturated heterocycles. The highest BCUT2D eigenvalue weighted by atomic mass is 79.9. The smallest absolute Gasteiger partial charge is 0.243 e. The molecule has 1 unspecified atom stereocenters. The quantitative estimate of drug-likeness (QED) is 0.421. The number of hydrogen-bond acceptors (Lipinski definition) is 2. The third-order valence-corrected chi connectivity index (χ3v) is 5.81. The molecule has 0 radical (unpaired) electrons. The second-order valence-corrected chi connectivity index (χ2v) is 7.64. The molecule has 1 saturated carbocycles. The maximum absolute atomic E-state index is 12.5. The third-order valence-electron chi connectivity index (χ3n) is 5.08. The first-order chi connectivity index (χ1) is 12.3. The Hall–Kier alpha value is -1.68. The van der Waals surface area contributed by atoms with E-state index >= 15 is 0 Å². The Morgan fingerprint density at radius 3 is 2.24 bits per heavy atom. The van der Waals surface area contributed by atoms with Crippen molar-refractivity contribution in [2.75, 3.05) is 0 Å². The predicted molar refractivity (Wildman–Crippen MR) is 106 cm³/mol. The van der Waals surface area contributed by atoms with Crippen LogP contribution in [0.15, 0.2) is 58.1 Å². The lowest BCUT2D eigenvalue weighted by Crippen LogP contribution is -2.21. The van der Waals surface area contributed by atoms with Crippen LogP contribution in [0.3, 0.4) is 0 Å². The van der Waals surface area contributed by atoms with Crippen LogP contribution < -0.4 is 5.43 Å². The molecule has 1 amide bonds. The van der Waals surface area contributed by atoms with E-state index in [9.17, 15) is 4.79 Å². The molecule has 132 valence electrons. The third kappa shape index (κ3) is 5.15. The molecule has 25 heavy (non-hydrogen) atoms. The van der Waals surface area contributed by atoms with E-state index < -0.39 is 0 Å². The van der Waals surface area contributed by atoms with Crippen molar-refractivity contribution < 1.29 is 4.79 Å². The minimum absolute atomic E-state index is 0.0705. The molecule has 0 heterocycles. The Bertz CT molecular complexity index is 656. The molecule has 1 aromatic rings. The number of hydrogen-bond donors (Lipinski definition) is 1. The van der Waals surface area contributed by atoms with Gasteiger partial charge in [-0.1, -0.05) is 58.4 Å². The fourth-order valence-electron chi connectivity index (χ4n) is 3.68. The molecular weight excluding hydrogens is 376 g/mol. The van der Waals surface area contributed by atoms with Crippen LogP contribution in [0.5, 0.6) is 0 Å². The van der Waals surface area contributed by atoms with Crippen LogP contribution in [-0.2, 0) is 4.79 Å². The van der Waals surface area contributed by atoms with Crippen molar-refractivity contribution in [2.45, 2.75) is 38.5 Å². The number of fused-ring (bicyclic) bond motifs is 1. The molecule has 1 N–H and O–H groups in total. The molecule has 3 rings (SSSR count). The molecule has 3 nitrogen and oxygen atoms in total. The molecule has 2 aliphatic carbocycles. The van der Waals surface area contributed by atoms with Gasteiger partial charge in [-0.2, -0.15) is 5.10 Å². The highest BCUT2D eigenvalue weighted by Gasteiger charge is 2.52. The van der Waals surface area contributed by atoms with Gasteiger partial charge in [0, 0.05) is 16.0 Å². The van der Waals surface area contributed by atoms with Crippen molar-refractivity contribution in [3.05, 3.63) is 58.6 Å². The maximum atomic E-state index is 12.5. The molecule has 0 aliphatic heterocycles. The van der Waals surface area contributed by atoms with Crippen LogP contribution in [0, 0.1) is 17.8 Å². The highest BCUT2D eigenvalue weighted by Crippen LogP contribution is 2.52. The zero-order valence-electron chi connectivity index (χ0n) is 14.4. The van der Waals surface area contributed by atoms with E-state index in [1.165, 1.54) is 0 Å². The highest BCUT2D eigenvalue weighted by molar-refractivity contribution is 9.10. The first-order valence-electron chi connectivity index (χ1n) is 9.15. The van der Waals surface area contributed by atoms with Crippen LogP contribution in [0.4, 0.5) is 0 Å². The topological polar surface area (TPSA) is 41.5 Å². The van der Waals surface area contributed by atoms with Crippen LogP contribution in [-0.4, -0.2) is 12.1 Å². The summed E-state index contributed by atoms with van der Waals surface area (Å²) in [7, 11) is 0. The standard InChI is InChI=1S/C21H25BrN2O/c22-19-14-10-9-11-16(19)15-23-24-21(25)20-17-12-7-5-3-1-2-4-6-8-13-18(17)20/h3-6,9-11,14-15,17-18,20H,1-2,7-8,12-13H2,(H,24,25)/b5-3-,6-4+,23-15-/t17-,18-,20?/m1/s1. The Labute approximate surface area is 158 Å². The van der Waals surface area contributed by atoms with E-state index in [0.717, 1.165) is 48.6 Å². The number of carbonyl (C=O) groups excluding carboxylic acids is 1. The normalized spacial score (nSPS) is 29.1. The minimum Gasteiger partial charge on any atom is -0.273 e. The van der Waals surface area contributed by atoms with Crippen LogP contribution >= 0.6 is 15.9 Å². The molecule has 1 aromatic carbocycles. The maximum Gasteiger partial charge on any atom is 0.243 e. The molecule has 1 fully saturated rings. The lowest BCUT2D eigenvalue weighted by molar-refractivity contribution is -0.122. The Morgan fingerprint density at radius 1 is 1.00 bits per heavy atom. The molecule has 0 bridgehead atoms. The number of nitrogens with one attached hydrogen (secondary N) is 1. The largest absolute Gasteiger partial charge is 0.273 e. The SMILES string of the molecule is O=C(N/N=C\c1ccccc1Br)C1[C@@H]2CC/C=C\CC/C=C/CC[C@@H]12. The van der Waals surface area contributed by atoms with Crippen LogP contribution in [0.1, 0.15) is 44.1 Å². The molecule has 0 aromatic heterocycles. The number of nitrogens with zero attached hydrogens (tertiary/aromatic N) is 1. The average Bonchev–Trinajstić information content (AvgIpc) is 3.29. The summed E-state index contributed by atoms with van der Waals surface area (Å²) in [5, 5.41) is 4.15. The summed E-state index contributed by atoms with van der Waals surface area (Å²) in [6, 6.07) is 7.83. The number of benzene rings is 1. The lowest BCUT2D eigenvalue weighted by atomic mass is 10.1. The van der Waals surface area contributed by atoms with Gasteiger partial charge >= 0.3 is 0 Å². The minimum atomic E-state index is 0.0705. The summed E-state index contributed by atoms with van der Waals surface area (Å²) < 4.78 is 0.972. The molecule has 2 aliphatic rings. The summed E-state index contributed by atoms with van der Waals surface area (Å²) in [5.41, 5.74) is 3.71. The number of rotatable bonds is 3. The van der Waals surface area contributed by atoms with Gasteiger partial charge in [0.15, 0.2) is 0 Å². The number of hydrazone groups is 1. The lowest BCUT2D eigenvalue weighted by Gasteiger charge is -2.00. The zero-order chi connectivity index (χ0) is 17.5. The van der Waals surface area contributed by atoms with E-state index in [0.29, 0.717) is 11.8 Å². The van der Waals surface area contributed by atoms with Gasteiger partial charge in [-0.15, -0.1) is 0 Å². The fourth-order valence-corrected chi connectivity index (χ4v) is 4.07. The van der Waals surface area contributed by atoms with Gasteiger partial charge in [-0.05, 0) is 56.4 Å². The average molecular weight is 401 g/mol. The van der Waals surface area contributed by atoms with Crippen molar-refractivity contribution in [1.82, 2.24) is 5.43 Å². The number of carbonyl (C=O) groups is 1. The summed E-state index contributed by atoms with van der Waals surface area (Å²) in [4.78, 5) is 12.5. The summed E-state index contributed by atoms with van der Waals surface area (Å²) in [6.07, 6.45) is 17.4. The predicted octanol–water partition coefficient (Wildman–Crippen LogP) is 5.23. The van der Waals surface area contributed by atoms with Gasteiger partial charge in [-0.3, -0.25) is 4.79 Å². The molecule has 0 spiro atoms. The van der Waals surface area contributed by atoms with E-state index in [1.807, 2.05) is 24.3 Å². The van der Waals surface area contributed by atoms with Gasteiger partial charge < -0.3 is 0 Å². The van der Waals surface area contributed by atoms with E-state index in [1.54, 1.807) is 6.21 Å². The summed E-state index contributed by atoms with van der Waals surface area (Å²) >= 11 is 3.48. The fraction of sp³-hybridized carbons (Fsp3) is 0.429. The van der Waals surface area contributed by atoms with Gasteiger partial charge in [-0.25, -0.2) is 5.43 Å². The van der Waals surface area contributed by atoms with Crippen LogP contribution in [0.2, 0.25) is 0 Å². The van der Waals surface area contributed by atoms with Crippen LogP contribution in [0.25, 0.3) is 0 Å².